The number of aryl methyl sites for hydroxylation is 1. The normalized spacial score (nSPS) is 11.9. The van der Waals surface area contributed by atoms with Crippen molar-refractivity contribution in [2.75, 3.05) is 10.0 Å². The summed E-state index contributed by atoms with van der Waals surface area (Å²) in [4.78, 5) is 11.3. The molecular formula is C16H20FN2O3P3S. The number of hydrogen-bond donors (Lipinski definition) is 2. The van der Waals surface area contributed by atoms with Crippen LogP contribution in [0.3, 0.4) is 0 Å². The Labute approximate surface area is 159 Å². The van der Waals surface area contributed by atoms with E-state index in [-0.39, 0.29) is 16.5 Å². The average Bonchev–Trinajstić information content (AvgIpc) is 2.44. The number of benzene rings is 2. The second-order valence-corrected chi connectivity index (χ2v) is 10.4. The van der Waals surface area contributed by atoms with E-state index in [2.05, 4.69) is 19.3 Å². The minimum atomic E-state index is -3.90. The molecule has 3 atom stereocenters. The van der Waals surface area contributed by atoms with Gasteiger partial charge in [-0.15, -0.1) is 9.24 Å². The number of amides is 1. The van der Waals surface area contributed by atoms with Crippen LogP contribution in [0.25, 0.3) is 0 Å². The molecule has 0 saturated carbocycles. The van der Waals surface area contributed by atoms with Crippen LogP contribution >= 0.6 is 27.7 Å². The lowest BCUT2D eigenvalue weighted by atomic mass is 10.2. The monoisotopic (exact) mass is 432 g/mol. The Morgan fingerprint density at radius 2 is 1.81 bits per heavy atom. The minimum absolute atomic E-state index is 0.0882. The maximum Gasteiger partial charge on any atom is 0.262 e. The maximum atomic E-state index is 14.0. The van der Waals surface area contributed by atoms with Gasteiger partial charge < -0.3 is 5.32 Å². The fraction of sp³-hybridized carbons (Fsp3) is 0.188. The molecule has 10 heteroatoms. The molecule has 140 valence electrons. The molecule has 0 aliphatic heterocycles. The average molecular weight is 432 g/mol. The highest BCUT2D eigenvalue weighted by atomic mass is 32.2. The molecule has 0 heterocycles. The number of rotatable bonds is 5. The van der Waals surface area contributed by atoms with Gasteiger partial charge >= 0.3 is 0 Å². The quantitative estimate of drug-likeness (QED) is 0.714. The maximum absolute atomic E-state index is 14.0. The van der Waals surface area contributed by atoms with Gasteiger partial charge in [0, 0.05) is 18.3 Å². The van der Waals surface area contributed by atoms with Gasteiger partial charge in [0.15, 0.2) is 5.15 Å². The lowest BCUT2D eigenvalue weighted by Crippen LogP contribution is -2.21. The third-order valence-electron chi connectivity index (χ3n) is 3.45. The summed E-state index contributed by atoms with van der Waals surface area (Å²) in [6.45, 7) is 3.02. The molecule has 2 aromatic rings. The molecule has 0 aliphatic rings. The zero-order valence-corrected chi connectivity index (χ0v) is 18.5. The van der Waals surface area contributed by atoms with E-state index in [1.165, 1.54) is 13.0 Å². The van der Waals surface area contributed by atoms with E-state index in [0.717, 1.165) is 0 Å². The van der Waals surface area contributed by atoms with Gasteiger partial charge in [-0.3, -0.25) is 9.52 Å². The van der Waals surface area contributed by atoms with Crippen LogP contribution in [0.4, 0.5) is 15.8 Å². The predicted octanol–water partition coefficient (Wildman–Crippen LogP) is 3.08. The van der Waals surface area contributed by atoms with Crippen molar-refractivity contribution in [1.29, 1.82) is 0 Å². The lowest BCUT2D eigenvalue weighted by Gasteiger charge is -2.17. The van der Waals surface area contributed by atoms with E-state index in [1.807, 2.05) is 18.5 Å². The molecule has 3 unspecified atom stereocenters. The van der Waals surface area contributed by atoms with Crippen molar-refractivity contribution in [3.63, 3.8) is 0 Å². The van der Waals surface area contributed by atoms with Gasteiger partial charge in [0.25, 0.3) is 10.0 Å². The molecule has 26 heavy (non-hydrogen) atoms. The van der Waals surface area contributed by atoms with E-state index < -0.39 is 15.2 Å². The Hall–Kier alpha value is -1.12. The smallest absolute Gasteiger partial charge is 0.262 e. The summed E-state index contributed by atoms with van der Waals surface area (Å²) in [5.41, 5.74) is 1.54. The molecule has 2 N–H and O–H groups in total. The van der Waals surface area contributed by atoms with Gasteiger partial charge in [-0.25, -0.2) is 12.8 Å². The summed E-state index contributed by atoms with van der Waals surface area (Å²) in [7, 11) is 2.54. The number of nitrogens with one attached hydrogen (secondary N) is 2. The van der Waals surface area contributed by atoms with Gasteiger partial charge in [0.1, 0.15) is 0 Å². The number of alkyl halides is 1. The third-order valence-corrected chi connectivity index (χ3v) is 6.38. The predicted molar refractivity (Wildman–Crippen MR) is 114 cm³/mol. The van der Waals surface area contributed by atoms with Gasteiger partial charge in [-0.05, 0) is 47.6 Å². The summed E-state index contributed by atoms with van der Waals surface area (Å²) in [5, 5.41) is 1.29. The molecule has 2 aromatic carbocycles. The van der Waals surface area contributed by atoms with Crippen molar-refractivity contribution in [3.8, 4) is 0 Å². The number of carbonyl (C=O) groups excluding carboxylic acids is 1. The van der Waals surface area contributed by atoms with Crippen LogP contribution in [0, 0.1) is 6.92 Å². The van der Waals surface area contributed by atoms with Gasteiger partial charge in [-0.2, -0.15) is 0 Å². The van der Waals surface area contributed by atoms with Crippen LogP contribution in [-0.4, -0.2) is 14.3 Å². The van der Waals surface area contributed by atoms with Crippen molar-refractivity contribution >= 4 is 60.3 Å². The van der Waals surface area contributed by atoms with Gasteiger partial charge in [0.2, 0.25) is 5.91 Å². The zero-order valence-electron chi connectivity index (χ0n) is 14.2. The van der Waals surface area contributed by atoms with Crippen LogP contribution in [0.2, 0.25) is 0 Å². The van der Waals surface area contributed by atoms with E-state index >= 15 is 0 Å². The van der Waals surface area contributed by atoms with E-state index in [1.54, 1.807) is 37.3 Å². The third kappa shape index (κ3) is 5.20. The Morgan fingerprint density at radius 3 is 2.35 bits per heavy atom. The second-order valence-electron chi connectivity index (χ2n) is 5.85. The summed E-state index contributed by atoms with van der Waals surface area (Å²) >= 11 is 0. The van der Waals surface area contributed by atoms with E-state index in [9.17, 15) is 17.6 Å². The van der Waals surface area contributed by atoms with Crippen molar-refractivity contribution in [2.24, 2.45) is 0 Å². The summed E-state index contributed by atoms with van der Waals surface area (Å²) < 4.78 is 42.2. The van der Waals surface area contributed by atoms with Gasteiger partial charge in [-0.1, -0.05) is 30.6 Å². The Bertz CT molecular complexity index is 936. The molecule has 0 saturated heterocycles. The van der Waals surface area contributed by atoms with Crippen molar-refractivity contribution < 1.29 is 17.6 Å². The van der Waals surface area contributed by atoms with E-state index in [0.29, 0.717) is 22.1 Å². The second kappa shape index (κ2) is 7.86. The molecule has 0 aromatic heterocycles. The standard InChI is InChI=1S/C16H20FN2O3P3S/c1-9-6-13(18-10(2)20)8-14(23)15(9)26(21,22)19-12-5-3-4-11(7-12)16(17,24)25/h3-8,19H,23-25H2,1-2H3,(H,18,20). The number of hydrogen-bond acceptors (Lipinski definition) is 3. The summed E-state index contributed by atoms with van der Waals surface area (Å²) in [6.07, 6.45) is 0. The van der Waals surface area contributed by atoms with Crippen LogP contribution in [0.5, 0.6) is 0 Å². The molecule has 0 aliphatic carbocycles. The van der Waals surface area contributed by atoms with Crippen LogP contribution in [0.15, 0.2) is 41.3 Å². The molecule has 0 fully saturated rings. The van der Waals surface area contributed by atoms with Crippen LogP contribution in [-0.2, 0) is 20.0 Å². The van der Waals surface area contributed by atoms with E-state index in [4.69, 9.17) is 0 Å². The van der Waals surface area contributed by atoms with Crippen molar-refractivity contribution in [1.82, 2.24) is 0 Å². The first-order valence-corrected chi connectivity index (χ1v) is 10.7. The largest absolute Gasteiger partial charge is 0.326 e. The molecule has 0 spiro atoms. The molecule has 5 nitrogen and oxygen atoms in total. The Kier molecular flexibility index (Phi) is 6.40. The number of carbonyl (C=O) groups is 1. The first kappa shape index (κ1) is 21.2. The first-order valence-electron chi connectivity index (χ1n) is 7.48. The molecular weight excluding hydrogens is 412 g/mol. The summed E-state index contributed by atoms with van der Waals surface area (Å²) in [5.74, 6) is -0.246. The lowest BCUT2D eigenvalue weighted by molar-refractivity contribution is -0.114. The SMILES string of the molecule is CC(=O)Nc1cc(C)c(S(=O)(=O)Nc2cccc(C(F)(P)P)c2)c(P)c1. The molecule has 2 rings (SSSR count). The molecule has 1 amide bonds. The molecule has 0 radical (unpaired) electrons. The van der Waals surface area contributed by atoms with Crippen LogP contribution < -0.4 is 15.3 Å². The van der Waals surface area contributed by atoms with Crippen LogP contribution in [0.1, 0.15) is 18.1 Å². The number of halogens is 1. The first-order chi connectivity index (χ1) is 11.9. The van der Waals surface area contributed by atoms with Crippen molar-refractivity contribution in [2.45, 2.75) is 23.9 Å². The number of sulfonamides is 1. The Morgan fingerprint density at radius 1 is 1.15 bits per heavy atom. The fourth-order valence-corrected chi connectivity index (χ4v) is 5.09. The molecule has 0 bridgehead atoms. The fourth-order valence-electron chi connectivity index (χ4n) is 2.47. The van der Waals surface area contributed by atoms with Crippen molar-refractivity contribution in [3.05, 3.63) is 47.5 Å². The highest BCUT2D eigenvalue weighted by molar-refractivity contribution is 7.93. The summed E-state index contributed by atoms with van der Waals surface area (Å²) in [6, 6.07) is 9.25. The van der Waals surface area contributed by atoms with Gasteiger partial charge in [0.05, 0.1) is 4.90 Å². The Balaban J connectivity index is 2.41. The minimum Gasteiger partial charge on any atom is -0.326 e. The highest BCUT2D eigenvalue weighted by Crippen LogP contribution is 2.40. The number of anilines is 2. The zero-order chi connectivity index (χ0) is 19.7. The topological polar surface area (TPSA) is 75.3 Å². The highest BCUT2D eigenvalue weighted by Gasteiger charge is 2.23.